The second-order valence-corrected chi connectivity index (χ2v) is 3.94. The van der Waals surface area contributed by atoms with Crippen LogP contribution in [0.25, 0.3) is 0 Å². The maximum atomic E-state index is 13.4. The van der Waals surface area contributed by atoms with Crippen LogP contribution in [0.2, 0.25) is 0 Å². The number of hydrogen-bond donors (Lipinski definition) is 0. The van der Waals surface area contributed by atoms with Gasteiger partial charge in [-0.25, -0.2) is 4.39 Å². The first-order valence-corrected chi connectivity index (χ1v) is 5.35. The number of hydrogen-bond acceptors (Lipinski definition) is 2. The molecule has 0 atom stereocenters. The molecule has 86 valence electrons. The number of rotatable bonds is 3. The summed E-state index contributed by atoms with van der Waals surface area (Å²) in [4.78, 5) is 15.9. The summed E-state index contributed by atoms with van der Waals surface area (Å²) in [6.45, 7) is 1.87. The van der Waals surface area contributed by atoms with E-state index in [0.717, 1.165) is 5.56 Å². The molecule has 2 aromatic rings. The van der Waals surface area contributed by atoms with Gasteiger partial charge in [-0.15, -0.1) is 0 Å². The topological polar surface area (TPSA) is 30.0 Å². The van der Waals surface area contributed by atoms with Crippen LogP contribution in [0.15, 0.2) is 42.7 Å². The minimum absolute atomic E-state index is 0.0673. The number of aromatic nitrogens is 1. The highest BCUT2D eigenvalue weighted by Crippen LogP contribution is 2.11. The average molecular weight is 229 g/mol. The van der Waals surface area contributed by atoms with E-state index < -0.39 is 0 Å². The second kappa shape index (κ2) is 4.87. The zero-order valence-corrected chi connectivity index (χ0v) is 9.48. The van der Waals surface area contributed by atoms with E-state index in [4.69, 9.17) is 0 Å². The molecule has 0 bridgehead atoms. The van der Waals surface area contributed by atoms with Crippen molar-refractivity contribution in [3.05, 3.63) is 65.2 Å². The van der Waals surface area contributed by atoms with Crippen molar-refractivity contribution in [3.63, 3.8) is 0 Å². The Kier molecular flexibility index (Phi) is 3.28. The number of nitrogens with zero attached hydrogens (tertiary/aromatic N) is 1. The SMILES string of the molecule is Cc1cncc(C(=O)Cc2ccccc2F)c1. The molecular weight excluding hydrogens is 217 g/mol. The van der Waals surface area contributed by atoms with Crippen molar-refractivity contribution in [1.29, 1.82) is 0 Å². The van der Waals surface area contributed by atoms with Gasteiger partial charge in [-0.1, -0.05) is 18.2 Å². The van der Waals surface area contributed by atoms with Crippen LogP contribution in [-0.4, -0.2) is 10.8 Å². The van der Waals surface area contributed by atoms with Crippen molar-refractivity contribution >= 4 is 5.78 Å². The van der Waals surface area contributed by atoms with E-state index in [9.17, 15) is 9.18 Å². The highest BCUT2D eigenvalue weighted by Gasteiger charge is 2.10. The molecule has 0 aliphatic carbocycles. The summed E-state index contributed by atoms with van der Waals surface area (Å²) in [5, 5.41) is 0. The Morgan fingerprint density at radius 3 is 2.76 bits per heavy atom. The normalized spacial score (nSPS) is 10.2. The fraction of sp³-hybridized carbons (Fsp3) is 0.143. The fourth-order valence-corrected chi connectivity index (χ4v) is 1.62. The summed E-state index contributed by atoms with van der Waals surface area (Å²) >= 11 is 0. The molecule has 2 nitrogen and oxygen atoms in total. The summed E-state index contributed by atoms with van der Waals surface area (Å²) in [7, 11) is 0. The standard InChI is InChI=1S/C14H12FNO/c1-10-6-12(9-16-8-10)14(17)7-11-4-2-3-5-13(11)15/h2-6,8-9H,7H2,1H3. The molecule has 2 rings (SSSR count). The first kappa shape index (κ1) is 11.5. The minimum Gasteiger partial charge on any atom is -0.294 e. The van der Waals surface area contributed by atoms with Gasteiger partial charge >= 0.3 is 0 Å². The lowest BCUT2D eigenvalue weighted by molar-refractivity contribution is 0.0991. The first-order valence-electron chi connectivity index (χ1n) is 5.35. The highest BCUT2D eigenvalue weighted by molar-refractivity contribution is 5.97. The van der Waals surface area contributed by atoms with Gasteiger partial charge in [0.2, 0.25) is 0 Å². The monoisotopic (exact) mass is 229 g/mol. The van der Waals surface area contributed by atoms with Crippen molar-refractivity contribution in [2.24, 2.45) is 0 Å². The number of benzene rings is 1. The molecule has 0 fully saturated rings. The first-order chi connectivity index (χ1) is 8.16. The molecule has 0 unspecified atom stereocenters. The third-order valence-electron chi connectivity index (χ3n) is 2.51. The molecule has 3 heteroatoms. The number of halogens is 1. The zero-order chi connectivity index (χ0) is 12.3. The molecule has 17 heavy (non-hydrogen) atoms. The fourth-order valence-electron chi connectivity index (χ4n) is 1.62. The van der Waals surface area contributed by atoms with Gasteiger partial charge in [0.15, 0.2) is 5.78 Å². The third-order valence-corrected chi connectivity index (χ3v) is 2.51. The third kappa shape index (κ3) is 2.75. The summed E-state index contributed by atoms with van der Waals surface area (Å²) in [6.07, 6.45) is 3.26. The van der Waals surface area contributed by atoms with E-state index >= 15 is 0 Å². The Balaban J connectivity index is 2.20. The number of ketones is 1. The quantitative estimate of drug-likeness (QED) is 0.757. The summed E-state index contributed by atoms with van der Waals surface area (Å²) in [5.74, 6) is -0.465. The van der Waals surface area contributed by atoms with Gasteiger partial charge in [0.1, 0.15) is 5.82 Å². The number of pyridine rings is 1. The van der Waals surface area contributed by atoms with Gasteiger partial charge in [-0.3, -0.25) is 9.78 Å². The van der Waals surface area contributed by atoms with Gasteiger partial charge in [-0.2, -0.15) is 0 Å². The van der Waals surface area contributed by atoms with Crippen LogP contribution in [-0.2, 0) is 6.42 Å². The molecule has 0 amide bonds. The second-order valence-electron chi connectivity index (χ2n) is 3.94. The van der Waals surface area contributed by atoms with E-state index in [-0.39, 0.29) is 18.0 Å². The van der Waals surface area contributed by atoms with Gasteiger partial charge < -0.3 is 0 Å². The summed E-state index contributed by atoms with van der Waals surface area (Å²) < 4.78 is 13.4. The molecule has 0 saturated carbocycles. The van der Waals surface area contributed by atoms with Crippen molar-refractivity contribution in [2.75, 3.05) is 0 Å². The van der Waals surface area contributed by atoms with Gasteiger partial charge in [-0.05, 0) is 30.2 Å². The Bertz CT molecular complexity index is 551. The molecule has 0 aliphatic rings. The van der Waals surface area contributed by atoms with Crippen LogP contribution in [0.3, 0.4) is 0 Å². The molecule has 1 aromatic heterocycles. The van der Waals surface area contributed by atoms with Crippen LogP contribution in [0.4, 0.5) is 4.39 Å². The molecule has 0 spiro atoms. The lowest BCUT2D eigenvalue weighted by Gasteiger charge is -2.03. The van der Waals surface area contributed by atoms with Crippen LogP contribution in [0, 0.1) is 12.7 Å². The van der Waals surface area contributed by atoms with Crippen molar-refractivity contribution in [2.45, 2.75) is 13.3 Å². The lowest BCUT2D eigenvalue weighted by atomic mass is 10.0. The maximum absolute atomic E-state index is 13.4. The molecule has 1 aromatic carbocycles. The highest BCUT2D eigenvalue weighted by atomic mass is 19.1. The predicted molar refractivity (Wildman–Crippen MR) is 63.4 cm³/mol. The number of carbonyl (C=O) groups is 1. The van der Waals surface area contributed by atoms with Crippen LogP contribution in [0.5, 0.6) is 0 Å². The summed E-state index contributed by atoms with van der Waals surface area (Å²) in [6, 6.07) is 8.07. The Morgan fingerprint density at radius 2 is 2.06 bits per heavy atom. The van der Waals surface area contributed by atoms with Gasteiger partial charge in [0, 0.05) is 24.4 Å². The molecule has 1 heterocycles. The van der Waals surface area contributed by atoms with Gasteiger partial charge in [0.25, 0.3) is 0 Å². The van der Waals surface area contributed by atoms with Crippen LogP contribution >= 0.6 is 0 Å². The Labute approximate surface area is 99.1 Å². The largest absolute Gasteiger partial charge is 0.294 e. The van der Waals surface area contributed by atoms with E-state index in [1.165, 1.54) is 12.3 Å². The van der Waals surface area contributed by atoms with E-state index in [0.29, 0.717) is 11.1 Å². The van der Waals surface area contributed by atoms with Gasteiger partial charge in [0.05, 0.1) is 0 Å². The molecule has 0 N–H and O–H groups in total. The molecular formula is C14H12FNO. The lowest BCUT2D eigenvalue weighted by Crippen LogP contribution is -2.05. The zero-order valence-electron chi connectivity index (χ0n) is 9.48. The van der Waals surface area contributed by atoms with Crippen molar-refractivity contribution < 1.29 is 9.18 Å². The summed E-state index contributed by atoms with van der Waals surface area (Å²) in [5.41, 5.74) is 1.86. The molecule has 0 radical (unpaired) electrons. The number of Topliss-reactive ketones (excluding diaryl/α,β-unsaturated/α-hetero) is 1. The van der Waals surface area contributed by atoms with Crippen molar-refractivity contribution in [1.82, 2.24) is 4.98 Å². The maximum Gasteiger partial charge on any atom is 0.168 e. The number of aryl methyl sites for hydroxylation is 1. The Morgan fingerprint density at radius 1 is 1.29 bits per heavy atom. The van der Waals surface area contributed by atoms with E-state index in [1.54, 1.807) is 30.5 Å². The predicted octanol–water partition coefficient (Wildman–Crippen LogP) is 2.95. The van der Waals surface area contributed by atoms with Crippen LogP contribution < -0.4 is 0 Å². The average Bonchev–Trinajstić information content (AvgIpc) is 2.32. The van der Waals surface area contributed by atoms with E-state index in [1.807, 2.05) is 6.92 Å². The molecule has 0 aliphatic heterocycles. The number of carbonyl (C=O) groups excluding carboxylic acids is 1. The molecule has 0 saturated heterocycles. The smallest absolute Gasteiger partial charge is 0.168 e. The van der Waals surface area contributed by atoms with E-state index in [2.05, 4.69) is 4.98 Å². The van der Waals surface area contributed by atoms with Crippen molar-refractivity contribution in [3.8, 4) is 0 Å². The minimum atomic E-state index is -0.346. The van der Waals surface area contributed by atoms with Crippen LogP contribution in [0.1, 0.15) is 21.5 Å². The Hall–Kier alpha value is -2.03.